The third kappa shape index (κ3) is 2.92. The Morgan fingerprint density at radius 3 is 2.35 bits per heavy atom. The molecule has 5 aromatic rings. The summed E-state index contributed by atoms with van der Waals surface area (Å²) in [5.74, 6) is 0.636. The van der Waals surface area contributed by atoms with Crippen LogP contribution in [0.5, 0.6) is 11.5 Å². The molecule has 0 fully saturated rings. The van der Waals surface area contributed by atoms with Crippen LogP contribution in [-0.4, -0.2) is 29.1 Å². The maximum atomic E-state index is 13.7. The van der Waals surface area contributed by atoms with Crippen LogP contribution in [0.4, 0.5) is 5.69 Å². The molecule has 2 aromatic heterocycles. The first-order valence-corrected chi connectivity index (χ1v) is 11.7. The summed E-state index contributed by atoms with van der Waals surface area (Å²) in [6, 6.07) is 19.6. The van der Waals surface area contributed by atoms with Crippen molar-refractivity contribution in [1.29, 1.82) is 0 Å². The van der Waals surface area contributed by atoms with Crippen molar-refractivity contribution in [2.24, 2.45) is 0 Å². The highest BCUT2D eigenvalue weighted by Gasteiger charge is 2.27. The second kappa shape index (κ2) is 7.29. The lowest BCUT2D eigenvalue weighted by atomic mass is 10.1. The summed E-state index contributed by atoms with van der Waals surface area (Å²) in [6.07, 6.45) is 1.54. The molecule has 0 radical (unpaired) electrons. The number of benzene rings is 3. The summed E-state index contributed by atoms with van der Waals surface area (Å²) >= 11 is 0. The number of nitro benzene ring substituents is 1. The monoisotopic (exact) mass is 473 g/mol. The molecule has 0 bridgehead atoms. The van der Waals surface area contributed by atoms with Gasteiger partial charge in [-0.2, -0.15) is 0 Å². The van der Waals surface area contributed by atoms with E-state index < -0.39 is 14.9 Å². The number of nitrogens with zero attached hydrogens (tertiary/aromatic N) is 3. The fourth-order valence-corrected chi connectivity index (χ4v) is 5.76. The average molecular weight is 473 g/mol. The summed E-state index contributed by atoms with van der Waals surface area (Å²) in [6.45, 7) is -0.0358. The Balaban J connectivity index is 1.67. The molecule has 6 rings (SSSR count). The summed E-state index contributed by atoms with van der Waals surface area (Å²) in [5, 5.41) is 13.1. The molecule has 0 saturated carbocycles. The fraction of sp³-hybridized carbons (Fsp3) is 0.0417. The Kier molecular flexibility index (Phi) is 4.33. The van der Waals surface area contributed by atoms with Crippen LogP contribution in [0, 0.1) is 10.1 Å². The molecule has 0 atom stereocenters. The van der Waals surface area contributed by atoms with E-state index in [9.17, 15) is 18.5 Å². The Hall–Kier alpha value is -4.44. The van der Waals surface area contributed by atoms with Crippen LogP contribution in [0.15, 0.2) is 83.9 Å². The quantitative estimate of drug-likeness (QED) is 0.274. The zero-order valence-corrected chi connectivity index (χ0v) is 18.2. The number of para-hydroxylation sites is 1. The van der Waals surface area contributed by atoms with E-state index in [1.54, 1.807) is 42.6 Å². The highest BCUT2D eigenvalue weighted by molar-refractivity contribution is 7.90. The molecular formula is C24H15N3O6S. The van der Waals surface area contributed by atoms with E-state index in [1.807, 2.05) is 12.1 Å². The number of pyridine rings is 1. The van der Waals surface area contributed by atoms with Crippen LogP contribution in [0.2, 0.25) is 0 Å². The van der Waals surface area contributed by atoms with Gasteiger partial charge in [-0.1, -0.05) is 36.4 Å². The first-order chi connectivity index (χ1) is 16.4. The lowest BCUT2D eigenvalue weighted by molar-refractivity contribution is -0.384. The van der Waals surface area contributed by atoms with Gasteiger partial charge in [0.15, 0.2) is 11.5 Å². The third-order valence-corrected chi connectivity index (χ3v) is 7.50. The minimum Gasteiger partial charge on any atom is -0.454 e. The fourth-order valence-electron chi connectivity index (χ4n) is 4.22. The second-order valence-electron chi connectivity index (χ2n) is 7.67. The zero-order chi connectivity index (χ0) is 23.4. The van der Waals surface area contributed by atoms with Gasteiger partial charge in [0.05, 0.1) is 38.2 Å². The maximum Gasteiger partial charge on any atom is 0.282 e. The van der Waals surface area contributed by atoms with Crippen molar-refractivity contribution in [2.45, 2.75) is 4.90 Å². The highest BCUT2D eigenvalue weighted by Crippen LogP contribution is 2.43. The van der Waals surface area contributed by atoms with Crippen LogP contribution in [-0.2, 0) is 10.0 Å². The lowest BCUT2D eigenvalue weighted by Crippen LogP contribution is -2.12. The predicted molar refractivity (Wildman–Crippen MR) is 124 cm³/mol. The van der Waals surface area contributed by atoms with Gasteiger partial charge in [0.2, 0.25) is 6.79 Å². The largest absolute Gasteiger partial charge is 0.454 e. The lowest BCUT2D eigenvalue weighted by Gasteiger charge is -2.10. The Bertz CT molecular complexity index is 1730. The van der Waals surface area contributed by atoms with E-state index in [0.29, 0.717) is 27.6 Å². The minimum absolute atomic E-state index is 0.0358. The molecule has 0 N–H and O–H groups in total. The molecule has 1 aliphatic heterocycles. The van der Waals surface area contributed by atoms with Gasteiger partial charge in [0, 0.05) is 23.0 Å². The number of aromatic nitrogens is 2. The summed E-state index contributed by atoms with van der Waals surface area (Å²) in [4.78, 5) is 15.8. The van der Waals surface area contributed by atoms with Gasteiger partial charge in [-0.3, -0.25) is 15.1 Å². The van der Waals surface area contributed by atoms with Crippen LogP contribution in [0.1, 0.15) is 0 Å². The van der Waals surface area contributed by atoms with Gasteiger partial charge in [-0.25, -0.2) is 12.4 Å². The predicted octanol–water partition coefficient (Wildman–Crippen LogP) is 4.73. The van der Waals surface area contributed by atoms with Gasteiger partial charge >= 0.3 is 0 Å². The Morgan fingerprint density at radius 1 is 0.882 bits per heavy atom. The smallest absolute Gasteiger partial charge is 0.282 e. The molecule has 9 nitrogen and oxygen atoms in total. The topological polar surface area (TPSA) is 114 Å². The number of hydrogen-bond acceptors (Lipinski definition) is 7. The van der Waals surface area contributed by atoms with Crippen LogP contribution < -0.4 is 9.47 Å². The van der Waals surface area contributed by atoms with E-state index in [4.69, 9.17) is 9.47 Å². The maximum absolute atomic E-state index is 13.7. The molecule has 0 saturated heterocycles. The van der Waals surface area contributed by atoms with Crippen molar-refractivity contribution >= 4 is 37.5 Å². The first kappa shape index (κ1) is 20.2. The molecule has 168 valence electrons. The van der Waals surface area contributed by atoms with Crippen LogP contribution in [0.3, 0.4) is 0 Å². The molecule has 10 heteroatoms. The van der Waals surface area contributed by atoms with Crippen molar-refractivity contribution < 1.29 is 22.8 Å². The van der Waals surface area contributed by atoms with Crippen molar-refractivity contribution in [3.05, 3.63) is 89.1 Å². The molecular weight excluding hydrogens is 458 g/mol. The standard InChI is InChI=1S/C24H15N3O6S/c28-27(29)22-12-24-23(32-14-33-24)10-17(22)19-11-21-18(13-25-19)16-8-4-5-9-20(16)26(21)34(30,31)15-6-2-1-3-7-15/h1-13H,14H2. The molecule has 0 aliphatic carbocycles. The zero-order valence-electron chi connectivity index (χ0n) is 17.4. The minimum atomic E-state index is -3.97. The number of ether oxygens (including phenoxy) is 2. The van der Waals surface area contributed by atoms with Gasteiger partial charge in [-0.15, -0.1) is 0 Å². The molecule has 34 heavy (non-hydrogen) atoms. The van der Waals surface area contributed by atoms with Gasteiger partial charge in [-0.05, 0) is 24.3 Å². The van der Waals surface area contributed by atoms with Crippen molar-refractivity contribution in [2.75, 3.05) is 6.79 Å². The molecule has 0 unspecified atom stereocenters. The summed E-state index contributed by atoms with van der Waals surface area (Å²) < 4.78 is 39.3. The van der Waals surface area contributed by atoms with Crippen molar-refractivity contribution in [1.82, 2.24) is 8.96 Å². The molecule has 1 aliphatic rings. The Morgan fingerprint density at radius 2 is 1.59 bits per heavy atom. The second-order valence-corrected chi connectivity index (χ2v) is 9.45. The summed E-state index contributed by atoms with van der Waals surface area (Å²) in [7, 11) is -3.97. The first-order valence-electron chi connectivity index (χ1n) is 10.2. The molecule has 3 heterocycles. The van der Waals surface area contributed by atoms with Gasteiger partial charge in [0.1, 0.15) is 0 Å². The van der Waals surface area contributed by atoms with E-state index in [0.717, 1.165) is 0 Å². The number of rotatable bonds is 4. The van der Waals surface area contributed by atoms with E-state index >= 15 is 0 Å². The van der Waals surface area contributed by atoms with Crippen molar-refractivity contribution in [3.63, 3.8) is 0 Å². The molecule has 0 amide bonds. The van der Waals surface area contributed by atoms with Crippen LogP contribution in [0.25, 0.3) is 33.1 Å². The van der Waals surface area contributed by atoms with E-state index in [-0.39, 0.29) is 34.4 Å². The van der Waals surface area contributed by atoms with Crippen LogP contribution >= 0.6 is 0 Å². The van der Waals surface area contributed by atoms with E-state index in [2.05, 4.69) is 4.98 Å². The van der Waals surface area contributed by atoms with Gasteiger partial charge < -0.3 is 9.47 Å². The SMILES string of the molecule is O=[N+]([O-])c1cc2c(cc1-c1cc3c(cn1)c1ccccc1n3S(=O)(=O)c1ccccc1)OCO2. The van der Waals surface area contributed by atoms with Gasteiger partial charge in [0.25, 0.3) is 15.7 Å². The highest BCUT2D eigenvalue weighted by atomic mass is 32.2. The molecule has 0 spiro atoms. The number of fused-ring (bicyclic) bond motifs is 4. The molecule has 3 aromatic carbocycles. The summed E-state index contributed by atoms with van der Waals surface area (Å²) in [5.41, 5.74) is 1.07. The normalized spacial score (nSPS) is 12.9. The third-order valence-electron chi connectivity index (χ3n) is 5.76. The number of nitro groups is 1. The average Bonchev–Trinajstić information content (AvgIpc) is 3.45. The van der Waals surface area contributed by atoms with Crippen molar-refractivity contribution in [3.8, 4) is 22.8 Å². The van der Waals surface area contributed by atoms with E-state index in [1.165, 1.54) is 28.2 Å². The Labute approximate surface area is 193 Å². The number of hydrogen-bond donors (Lipinski definition) is 0.